The molecule has 18 heavy (non-hydrogen) atoms. The van der Waals surface area contributed by atoms with Crippen molar-refractivity contribution in [3.05, 3.63) is 29.8 Å². The zero-order valence-electron chi connectivity index (χ0n) is 9.17. The van der Waals surface area contributed by atoms with Crippen LogP contribution in [0.4, 0.5) is 0 Å². The van der Waals surface area contributed by atoms with E-state index in [-0.39, 0.29) is 12.2 Å². The second kappa shape index (κ2) is 7.20. The number of phenolic OH excluding ortho intramolecular Hbond substituents is 1. The molecule has 0 aliphatic carbocycles. The minimum atomic E-state index is -5.12. The Kier molecular flexibility index (Phi) is 6.67. The molecule has 0 spiro atoms. The van der Waals surface area contributed by atoms with Gasteiger partial charge >= 0.3 is 36.5 Å². The van der Waals surface area contributed by atoms with Gasteiger partial charge in [-0.25, -0.2) is 0 Å². The Labute approximate surface area is 106 Å². The summed E-state index contributed by atoms with van der Waals surface area (Å²) in [5.41, 5.74) is 6.12. The van der Waals surface area contributed by atoms with Crippen molar-refractivity contribution < 1.29 is 31.0 Å². The summed E-state index contributed by atoms with van der Waals surface area (Å²) in [5, 5.41) is 17.5. The zero-order valence-corrected chi connectivity index (χ0v) is 11.0. The molecule has 7 N–H and O–H groups in total. The first kappa shape index (κ1) is 16.7. The SMILES string of the molecule is NC(Cc1ccc(O)cc1)C(=O)O.O=[As](O)(O)O. The first-order valence-corrected chi connectivity index (χ1v) is 7.92. The van der Waals surface area contributed by atoms with Crippen LogP contribution >= 0.6 is 0 Å². The molecule has 9 heteroatoms. The van der Waals surface area contributed by atoms with Crippen LogP contribution in [0.25, 0.3) is 0 Å². The van der Waals surface area contributed by atoms with Crippen LogP contribution in [0.1, 0.15) is 5.56 Å². The van der Waals surface area contributed by atoms with Gasteiger partial charge in [-0.15, -0.1) is 0 Å². The molecular weight excluding hydrogens is 309 g/mol. The molecular formula is C9H14AsNO7. The Morgan fingerprint density at radius 3 is 1.94 bits per heavy atom. The Morgan fingerprint density at radius 1 is 1.22 bits per heavy atom. The predicted octanol–water partition coefficient (Wildman–Crippen LogP) is -1.82. The van der Waals surface area contributed by atoms with E-state index in [1.54, 1.807) is 12.1 Å². The summed E-state index contributed by atoms with van der Waals surface area (Å²) in [6.07, 6.45) is 0.273. The van der Waals surface area contributed by atoms with Gasteiger partial charge in [-0.05, 0) is 24.1 Å². The zero-order chi connectivity index (χ0) is 14.3. The van der Waals surface area contributed by atoms with Crippen molar-refractivity contribution in [2.24, 2.45) is 5.73 Å². The van der Waals surface area contributed by atoms with Crippen LogP contribution in [-0.2, 0) is 15.0 Å². The predicted molar refractivity (Wildman–Crippen MR) is 60.5 cm³/mol. The number of carbonyl (C=O) groups is 1. The number of aliphatic carboxylic acids is 1. The second-order valence-electron chi connectivity index (χ2n) is 3.33. The van der Waals surface area contributed by atoms with Crippen molar-refractivity contribution in [3.8, 4) is 5.75 Å². The maximum atomic E-state index is 10.4. The molecule has 1 aromatic rings. The number of hydrogen-bond acceptors (Lipinski definition) is 4. The summed E-state index contributed by atoms with van der Waals surface area (Å²) >= 11 is -5.12. The van der Waals surface area contributed by atoms with E-state index in [1.807, 2.05) is 0 Å². The van der Waals surface area contributed by atoms with E-state index < -0.39 is 26.5 Å². The van der Waals surface area contributed by atoms with E-state index in [1.165, 1.54) is 12.1 Å². The van der Waals surface area contributed by atoms with Crippen LogP contribution in [0, 0.1) is 0 Å². The van der Waals surface area contributed by atoms with Gasteiger partial charge in [0.1, 0.15) is 11.8 Å². The van der Waals surface area contributed by atoms with Crippen LogP contribution in [0.5, 0.6) is 5.75 Å². The first-order chi connectivity index (χ1) is 8.09. The molecule has 102 valence electrons. The fraction of sp³-hybridized carbons (Fsp3) is 0.222. The number of carboxylic acids is 1. The number of rotatable bonds is 3. The number of nitrogens with two attached hydrogens (primary N) is 1. The Hall–Kier alpha value is -1.31. The van der Waals surface area contributed by atoms with Gasteiger partial charge in [0, 0.05) is 0 Å². The monoisotopic (exact) mass is 323 g/mol. The van der Waals surface area contributed by atoms with Gasteiger partial charge in [0.25, 0.3) is 0 Å². The summed E-state index contributed by atoms with van der Waals surface area (Å²) in [7, 11) is 0. The van der Waals surface area contributed by atoms with Gasteiger partial charge in [0.15, 0.2) is 0 Å². The van der Waals surface area contributed by atoms with E-state index in [0.717, 1.165) is 5.56 Å². The van der Waals surface area contributed by atoms with Gasteiger partial charge in [0.05, 0.1) is 0 Å². The van der Waals surface area contributed by atoms with Crippen molar-refractivity contribution in [3.63, 3.8) is 0 Å². The van der Waals surface area contributed by atoms with Crippen LogP contribution in [-0.4, -0.2) is 49.0 Å². The summed E-state index contributed by atoms with van der Waals surface area (Å²) in [5.74, 6) is -0.860. The van der Waals surface area contributed by atoms with Gasteiger partial charge in [-0.1, -0.05) is 12.1 Å². The Balaban J connectivity index is 0.000000494. The summed E-state index contributed by atoms with van der Waals surface area (Å²) in [4.78, 5) is 10.4. The molecule has 1 atom stereocenters. The molecule has 0 saturated heterocycles. The molecule has 0 fully saturated rings. The van der Waals surface area contributed by atoms with Crippen molar-refractivity contribution in [2.75, 3.05) is 0 Å². The van der Waals surface area contributed by atoms with Gasteiger partial charge < -0.3 is 15.9 Å². The van der Waals surface area contributed by atoms with Crippen LogP contribution < -0.4 is 5.73 Å². The normalized spacial score (nSPS) is 12.2. The number of carboxylic acid groups (broad SMARTS) is 1. The fourth-order valence-corrected chi connectivity index (χ4v) is 0.973. The summed E-state index contributed by atoms with van der Waals surface area (Å²) in [6, 6.07) is 5.42. The van der Waals surface area contributed by atoms with Crippen molar-refractivity contribution >= 4 is 20.5 Å². The average molecular weight is 323 g/mol. The van der Waals surface area contributed by atoms with E-state index in [9.17, 15) is 4.79 Å². The van der Waals surface area contributed by atoms with E-state index >= 15 is 0 Å². The molecule has 0 aliphatic heterocycles. The van der Waals surface area contributed by atoms with Crippen LogP contribution in [0.2, 0.25) is 0 Å². The molecule has 0 amide bonds. The molecule has 1 rings (SSSR count). The molecule has 1 aromatic carbocycles. The topological polar surface area (TPSA) is 161 Å². The minimum absolute atomic E-state index is 0.160. The first-order valence-electron chi connectivity index (χ1n) is 4.64. The third-order valence-electron chi connectivity index (χ3n) is 1.71. The third-order valence-corrected chi connectivity index (χ3v) is 1.71. The van der Waals surface area contributed by atoms with Crippen molar-refractivity contribution in [1.82, 2.24) is 0 Å². The molecule has 0 heterocycles. The van der Waals surface area contributed by atoms with E-state index in [0.29, 0.717) is 0 Å². The van der Waals surface area contributed by atoms with Crippen LogP contribution in [0.15, 0.2) is 24.3 Å². The quantitative estimate of drug-likeness (QED) is 0.354. The van der Waals surface area contributed by atoms with Gasteiger partial charge in [-0.2, -0.15) is 0 Å². The average Bonchev–Trinajstić information content (AvgIpc) is 2.18. The van der Waals surface area contributed by atoms with Crippen molar-refractivity contribution in [2.45, 2.75) is 12.5 Å². The number of hydrogen-bond donors (Lipinski definition) is 6. The van der Waals surface area contributed by atoms with Gasteiger partial charge in [0.2, 0.25) is 0 Å². The molecule has 0 bridgehead atoms. The number of aromatic hydroxyl groups is 1. The Bertz CT molecular complexity index is 419. The molecule has 1 unspecified atom stereocenters. The molecule has 0 saturated carbocycles. The van der Waals surface area contributed by atoms with Crippen molar-refractivity contribution in [1.29, 1.82) is 0 Å². The Morgan fingerprint density at radius 2 is 1.61 bits per heavy atom. The fourth-order valence-electron chi connectivity index (χ4n) is 0.973. The van der Waals surface area contributed by atoms with E-state index in [4.69, 9.17) is 32.0 Å². The van der Waals surface area contributed by atoms with Gasteiger partial charge in [-0.3, -0.25) is 4.79 Å². The van der Waals surface area contributed by atoms with Crippen LogP contribution in [0.3, 0.4) is 0 Å². The summed E-state index contributed by atoms with van der Waals surface area (Å²) < 4.78 is 30.7. The molecule has 0 aromatic heterocycles. The molecule has 0 radical (unpaired) electrons. The standard InChI is InChI=1S/C9H11NO3.AsH3O4/c10-8(9(12)13)5-6-1-3-7(11)4-2-6;2-1(3,4)5/h1-4,8,11H,5,10H2,(H,12,13);(H3,2,3,4,5). The molecule has 8 nitrogen and oxygen atoms in total. The third kappa shape index (κ3) is 9.88. The molecule has 0 aliphatic rings. The van der Waals surface area contributed by atoms with E-state index in [2.05, 4.69) is 0 Å². The number of phenols is 1. The number of benzene rings is 1. The summed E-state index contributed by atoms with van der Waals surface area (Å²) in [6.45, 7) is 0. The second-order valence-corrected chi connectivity index (χ2v) is 5.48. The maximum absolute atomic E-state index is 10.4.